The molecule has 0 aromatic carbocycles. The molecule has 2 heterocycles. The highest BCUT2D eigenvalue weighted by molar-refractivity contribution is 8.01. The van der Waals surface area contributed by atoms with Gasteiger partial charge in [-0.1, -0.05) is 0 Å². The van der Waals surface area contributed by atoms with Gasteiger partial charge in [-0.15, -0.1) is 0 Å². The summed E-state index contributed by atoms with van der Waals surface area (Å²) in [4.78, 5) is 13.4. The molecule has 10 heteroatoms. The molecular weight excluding hydrogens is 312 g/mol. The van der Waals surface area contributed by atoms with Crippen LogP contribution in [0.15, 0.2) is 0 Å². The maximum Gasteiger partial charge on any atom is 0.322 e. The number of nitrogens with zero attached hydrogens (tertiary/aromatic N) is 4. The summed E-state index contributed by atoms with van der Waals surface area (Å²) in [6, 6.07) is 0.0699. The minimum atomic E-state index is -3.23. The highest BCUT2D eigenvalue weighted by Crippen LogP contribution is 2.25. The second-order valence-corrected chi connectivity index (χ2v) is 7.63. The predicted molar refractivity (Wildman–Crippen MR) is 74.7 cm³/mol. The van der Waals surface area contributed by atoms with E-state index in [0.717, 1.165) is 5.75 Å². The van der Waals surface area contributed by atoms with E-state index in [4.69, 9.17) is 16.3 Å². The molecule has 19 heavy (non-hydrogen) atoms. The topological polar surface area (TPSA) is 85.3 Å². The van der Waals surface area contributed by atoms with E-state index in [0.29, 0.717) is 12.3 Å². The molecule has 1 unspecified atom stereocenters. The number of sulfone groups is 1. The third-order valence-corrected chi connectivity index (χ3v) is 5.41. The summed E-state index contributed by atoms with van der Waals surface area (Å²) in [6.45, 7) is 0.534. The van der Waals surface area contributed by atoms with Gasteiger partial charge in [-0.05, 0) is 11.6 Å². The highest BCUT2D eigenvalue weighted by Gasteiger charge is 2.33. The van der Waals surface area contributed by atoms with Crippen LogP contribution in [0.4, 0.5) is 5.95 Å². The van der Waals surface area contributed by atoms with Gasteiger partial charge in [-0.3, -0.25) is 0 Å². The normalized spacial score (nSPS) is 20.4. The molecule has 0 bridgehead atoms. The van der Waals surface area contributed by atoms with E-state index in [1.807, 2.05) is 0 Å². The molecule has 1 fully saturated rings. The van der Waals surface area contributed by atoms with Crippen LogP contribution in [-0.4, -0.2) is 60.2 Å². The lowest BCUT2D eigenvalue weighted by Gasteiger charge is -2.33. The van der Waals surface area contributed by atoms with E-state index in [1.165, 1.54) is 13.4 Å². The fourth-order valence-electron chi connectivity index (χ4n) is 1.71. The lowest BCUT2D eigenvalue weighted by atomic mass is 10.5. The van der Waals surface area contributed by atoms with Crippen LogP contribution in [0.25, 0.3) is 0 Å². The molecule has 0 N–H and O–H groups in total. The lowest BCUT2D eigenvalue weighted by Crippen LogP contribution is -2.47. The van der Waals surface area contributed by atoms with Crippen molar-refractivity contribution in [3.63, 3.8) is 0 Å². The first-order valence-corrected chi connectivity index (χ1v) is 8.89. The fourth-order valence-corrected chi connectivity index (χ4v) is 4.67. The van der Waals surface area contributed by atoms with Crippen molar-refractivity contribution in [2.24, 2.45) is 0 Å². The molecule has 0 amide bonds. The van der Waals surface area contributed by atoms with E-state index in [1.54, 1.807) is 16.7 Å². The summed E-state index contributed by atoms with van der Waals surface area (Å²) in [6.07, 6.45) is 1.20. The molecule has 0 spiro atoms. The van der Waals surface area contributed by atoms with Gasteiger partial charge < -0.3 is 9.64 Å². The summed E-state index contributed by atoms with van der Waals surface area (Å²) >= 11 is 7.37. The third-order valence-electron chi connectivity index (χ3n) is 2.59. The Balaban J connectivity index is 2.40. The molecule has 0 saturated carbocycles. The first-order chi connectivity index (χ1) is 8.91. The van der Waals surface area contributed by atoms with Crippen LogP contribution >= 0.6 is 23.4 Å². The Morgan fingerprint density at radius 1 is 1.42 bits per heavy atom. The van der Waals surface area contributed by atoms with Crippen LogP contribution in [0.5, 0.6) is 6.01 Å². The molecule has 0 radical (unpaired) electrons. The van der Waals surface area contributed by atoms with Crippen LogP contribution in [0.3, 0.4) is 0 Å². The van der Waals surface area contributed by atoms with Gasteiger partial charge in [0.1, 0.15) is 5.37 Å². The third kappa shape index (κ3) is 3.40. The Morgan fingerprint density at radius 3 is 2.79 bits per heavy atom. The maximum atomic E-state index is 11.8. The van der Waals surface area contributed by atoms with Crippen molar-refractivity contribution in [2.45, 2.75) is 5.37 Å². The Labute approximate surface area is 120 Å². The number of anilines is 1. The number of methoxy groups -OCH3 is 1. The van der Waals surface area contributed by atoms with E-state index < -0.39 is 15.2 Å². The molecule has 2 rings (SSSR count). The van der Waals surface area contributed by atoms with Crippen molar-refractivity contribution < 1.29 is 13.2 Å². The number of hydrogen-bond acceptors (Lipinski definition) is 8. The smallest absolute Gasteiger partial charge is 0.322 e. The van der Waals surface area contributed by atoms with Gasteiger partial charge in [0.2, 0.25) is 11.2 Å². The zero-order chi connectivity index (χ0) is 14.0. The molecular formula is C9H13ClN4O3S2. The zero-order valence-corrected chi connectivity index (χ0v) is 12.8. The van der Waals surface area contributed by atoms with Gasteiger partial charge in [0.25, 0.3) is 0 Å². The Hall–Kier alpha value is -0.800. The van der Waals surface area contributed by atoms with Gasteiger partial charge in [0, 0.05) is 24.3 Å². The first kappa shape index (κ1) is 14.6. The second kappa shape index (κ2) is 5.68. The number of aromatic nitrogens is 3. The van der Waals surface area contributed by atoms with Gasteiger partial charge in [0.05, 0.1) is 7.11 Å². The van der Waals surface area contributed by atoms with Crippen LogP contribution in [-0.2, 0) is 9.84 Å². The number of halogens is 1. The van der Waals surface area contributed by atoms with Crippen molar-refractivity contribution in [1.82, 2.24) is 15.0 Å². The number of thioether (sulfide) groups is 1. The summed E-state index contributed by atoms with van der Waals surface area (Å²) in [5, 5.41) is -0.679. The van der Waals surface area contributed by atoms with E-state index in [2.05, 4.69) is 15.0 Å². The first-order valence-electron chi connectivity index (χ1n) is 5.40. The van der Waals surface area contributed by atoms with Crippen molar-refractivity contribution in [3.8, 4) is 6.01 Å². The SMILES string of the molecule is COc1nc(Cl)nc(N2CCSCC2S(C)(=O)=O)n1. The van der Waals surface area contributed by atoms with Crippen LogP contribution in [0.2, 0.25) is 5.28 Å². The van der Waals surface area contributed by atoms with Crippen molar-refractivity contribution in [2.75, 3.05) is 36.3 Å². The molecule has 1 atom stereocenters. The summed E-state index contributed by atoms with van der Waals surface area (Å²) in [5.74, 6) is 1.51. The molecule has 7 nitrogen and oxygen atoms in total. The number of ether oxygens (including phenoxy) is 1. The minimum absolute atomic E-state index is 0.0210. The maximum absolute atomic E-state index is 11.8. The molecule has 0 aliphatic carbocycles. The lowest BCUT2D eigenvalue weighted by molar-refractivity contribution is 0.378. The largest absolute Gasteiger partial charge is 0.467 e. The molecule has 1 aromatic rings. The monoisotopic (exact) mass is 324 g/mol. The van der Waals surface area contributed by atoms with Gasteiger partial charge in [-0.25, -0.2) is 8.42 Å². The van der Waals surface area contributed by atoms with Crippen molar-refractivity contribution in [3.05, 3.63) is 5.28 Å². The molecule has 1 aliphatic rings. The molecule has 1 aromatic heterocycles. The average Bonchev–Trinajstić information content (AvgIpc) is 2.37. The van der Waals surface area contributed by atoms with Crippen LogP contribution in [0.1, 0.15) is 0 Å². The van der Waals surface area contributed by atoms with E-state index >= 15 is 0 Å². The summed E-state index contributed by atoms with van der Waals surface area (Å²) in [7, 11) is -1.82. The number of hydrogen-bond donors (Lipinski definition) is 0. The summed E-state index contributed by atoms with van der Waals surface area (Å²) in [5.41, 5.74) is 0. The van der Waals surface area contributed by atoms with Gasteiger partial charge in [0.15, 0.2) is 9.84 Å². The molecule has 1 aliphatic heterocycles. The second-order valence-electron chi connectivity index (χ2n) is 3.94. The fraction of sp³-hybridized carbons (Fsp3) is 0.667. The molecule has 106 valence electrons. The quantitative estimate of drug-likeness (QED) is 0.792. The Morgan fingerprint density at radius 2 is 2.16 bits per heavy atom. The molecule has 1 saturated heterocycles. The minimum Gasteiger partial charge on any atom is -0.467 e. The predicted octanol–water partition coefficient (Wildman–Crippen LogP) is 0.457. The van der Waals surface area contributed by atoms with Gasteiger partial charge in [-0.2, -0.15) is 26.7 Å². The standard InChI is InChI=1S/C9H13ClN4O3S2/c1-17-9-12-7(10)11-8(13-9)14-3-4-18-5-6(14)19(2,15)16/h6H,3-5H2,1-2H3. The van der Waals surface area contributed by atoms with Crippen molar-refractivity contribution in [1.29, 1.82) is 0 Å². The number of rotatable bonds is 3. The van der Waals surface area contributed by atoms with E-state index in [9.17, 15) is 8.42 Å². The van der Waals surface area contributed by atoms with Gasteiger partial charge >= 0.3 is 6.01 Å². The Bertz CT molecular complexity index is 569. The van der Waals surface area contributed by atoms with Crippen LogP contribution < -0.4 is 9.64 Å². The van der Waals surface area contributed by atoms with Crippen LogP contribution in [0, 0.1) is 0 Å². The Kier molecular flexibility index (Phi) is 4.36. The highest BCUT2D eigenvalue weighted by atomic mass is 35.5. The van der Waals surface area contributed by atoms with E-state index in [-0.39, 0.29) is 17.2 Å². The summed E-state index contributed by atoms with van der Waals surface area (Å²) < 4.78 is 28.6. The zero-order valence-electron chi connectivity index (χ0n) is 10.4. The van der Waals surface area contributed by atoms with Crippen molar-refractivity contribution >= 4 is 39.1 Å². The average molecular weight is 325 g/mol.